The highest BCUT2D eigenvalue weighted by Gasteiger charge is 2.45. The molecule has 0 radical (unpaired) electrons. The van der Waals surface area contributed by atoms with E-state index in [1.807, 2.05) is 0 Å². The van der Waals surface area contributed by atoms with Gasteiger partial charge in [0.2, 0.25) is 0 Å². The quantitative estimate of drug-likeness (QED) is 0.864. The van der Waals surface area contributed by atoms with Crippen molar-refractivity contribution < 1.29 is 27.8 Å². The SMILES string of the molecule is CC(C)(C)OC(=O)Nc1ccc(C2(O)CCC2)c(C(F)(F)F)n1. The number of hydrogen-bond donors (Lipinski definition) is 2. The largest absolute Gasteiger partial charge is 0.444 e. The van der Waals surface area contributed by atoms with Gasteiger partial charge in [-0.3, -0.25) is 5.32 Å². The maximum Gasteiger partial charge on any atom is 0.433 e. The molecule has 1 aromatic heterocycles. The van der Waals surface area contributed by atoms with E-state index in [4.69, 9.17) is 4.74 Å². The lowest BCUT2D eigenvalue weighted by Gasteiger charge is -2.38. The Morgan fingerprint density at radius 1 is 1.30 bits per heavy atom. The van der Waals surface area contributed by atoms with Gasteiger partial charge in [-0.25, -0.2) is 9.78 Å². The normalized spacial score (nSPS) is 17.3. The Morgan fingerprint density at radius 3 is 2.35 bits per heavy atom. The van der Waals surface area contributed by atoms with Crippen molar-refractivity contribution in [2.45, 2.75) is 57.4 Å². The van der Waals surface area contributed by atoms with Crippen LogP contribution in [0.15, 0.2) is 12.1 Å². The van der Waals surface area contributed by atoms with E-state index in [1.165, 1.54) is 6.07 Å². The van der Waals surface area contributed by atoms with E-state index >= 15 is 0 Å². The number of amides is 1. The zero-order valence-corrected chi connectivity index (χ0v) is 13.1. The van der Waals surface area contributed by atoms with E-state index in [1.54, 1.807) is 20.8 Å². The van der Waals surface area contributed by atoms with Gasteiger partial charge in [-0.05, 0) is 46.1 Å². The van der Waals surface area contributed by atoms with Crippen molar-refractivity contribution in [3.05, 3.63) is 23.4 Å². The lowest BCUT2D eigenvalue weighted by atomic mass is 9.74. The number of ether oxygens (including phenoxy) is 1. The number of halogens is 3. The summed E-state index contributed by atoms with van der Waals surface area (Å²) >= 11 is 0. The first kappa shape index (κ1) is 17.5. The first-order valence-electron chi connectivity index (χ1n) is 7.22. The minimum absolute atomic E-state index is 0.258. The molecule has 5 nitrogen and oxygen atoms in total. The number of nitrogens with zero attached hydrogens (tertiary/aromatic N) is 1. The fourth-order valence-electron chi connectivity index (χ4n) is 2.31. The van der Waals surface area contributed by atoms with Crippen LogP contribution in [0.4, 0.5) is 23.8 Å². The molecular formula is C15H19F3N2O3. The van der Waals surface area contributed by atoms with Crippen molar-refractivity contribution in [2.24, 2.45) is 0 Å². The van der Waals surface area contributed by atoms with E-state index in [-0.39, 0.29) is 24.2 Å². The van der Waals surface area contributed by atoms with E-state index in [0.717, 1.165) is 6.07 Å². The highest BCUT2D eigenvalue weighted by Crippen LogP contribution is 2.45. The minimum Gasteiger partial charge on any atom is -0.444 e. The number of alkyl halides is 3. The molecule has 2 N–H and O–H groups in total. The average molecular weight is 332 g/mol. The molecule has 1 heterocycles. The lowest BCUT2D eigenvalue weighted by Crippen LogP contribution is -2.36. The second kappa shape index (κ2) is 5.67. The Morgan fingerprint density at radius 2 is 1.91 bits per heavy atom. The topological polar surface area (TPSA) is 71.5 Å². The number of pyridine rings is 1. The molecule has 1 fully saturated rings. The highest BCUT2D eigenvalue weighted by atomic mass is 19.4. The zero-order valence-electron chi connectivity index (χ0n) is 13.1. The number of carbonyl (C=O) groups is 1. The van der Waals surface area contributed by atoms with Gasteiger partial charge in [0.05, 0.1) is 5.60 Å². The van der Waals surface area contributed by atoms with Gasteiger partial charge in [0.15, 0.2) is 5.69 Å². The van der Waals surface area contributed by atoms with Crippen LogP contribution in [0.5, 0.6) is 0 Å². The summed E-state index contributed by atoms with van der Waals surface area (Å²) in [5.74, 6) is -0.279. The van der Waals surface area contributed by atoms with Crippen molar-refractivity contribution in [1.82, 2.24) is 4.98 Å². The summed E-state index contributed by atoms with van der Waals surface area (Å²) in [6, 6.07) is 2.38. The fourth-order valence-corrected chi connectivity index (χ4v) is 2.31. The van der Waals surface area contributed by atoms with Gasteiger partial charge in [-0.2, -0.15) is 13.2 Å². The number of hydrogen-bond acceptors (Lipinski definition) is 4. The van der Waals surface area contributed by atoms with Crippen molar-refractivity contribution in [1.29, 1.82) is 0 Å². The maximum atomic E-state index is 13.2. The molecule has 0 bridgehead atoms. The van der Waals surface area contributed by atoms with Gasteiger partial charge >= 0.3 is 12.3 Å². The zero-order chi connectivity index (χ0) is 17.5. The number of aliphatic hydroxyl groups is 1. The van der Waals surface area contributed by atoms with Crippen LogP contribution in [0, 0.1) is 0 Å². The second-order valence-electron chi connectivity index (χ2n) is 6.60. The molecule has 1 aliphatic rings. The number of anilines is 1. The Hall–Kier alpha value is -1.83. The van der Waals surface area contributed by atoms with E-state index in [9.17, 15) is 23.1 Å². The molecule has 1 saturated carbocycles. The Kier molecular flexibility index (Phi) is 4.32. The minimum atomic E-state index is -4.73. The Balaban J connectivity index is 2.29. The summed E-state index contributed by atoms with van der Waals surface area (Å²) in [6.07, 6.45) is -4.45. The summed E-state index contributed by atoms with van der Waals surface area (Å²) in [7, 11) is 0. The third kappa shape index (κ3) is 4.13. The van der Waals surface area contributed by atoms with Crippen molar-refractivity contribution in [3.8, 4) is 0 Å². The molecule has 0 aliphatic heterocycles. The predicted octanol–water partition coefficient (Wildman–Crippen LogP) is 3.82. The third-order valence-electron chi connectivity index (χ3n) is 3.47. The van der Waals surface area contributed by atoms with Crippen LogP contribution in [0.2, 0.25) is 0 Å². The molecule has 1 aromatic rings. The van der Waals surface area contributed by atoms with Crippen LogP contribution in [0.25, 0.3) is 0 Å². The summed E-state index contributed by atoms with van der Waals surface area (Å²) in [4.78, 5) is 15.1. The van der Waals surface area contributed by atoms with Crippen LogP contribution in [0.3, 0.4) is 0 Å². The van der Waals surface area contributed by atoms with Crippen molar-refractivity contribution in [2.75, 3.05) is 5.32 Å². The smallest absolute Gasteiger partial charge is 0.433 e. The molecule has 2 rings (SSSR count). The van der Waals surface area contributed by atoms with Crippen molar-refractivity contribution in [3.63, 3.8) is 0 Å². The summed E-state index contributed by atoms with van der Waals surface area (Å²) in [5, 5.41) is 12.4. The van der Waals surface area contributed by atoms with Crippen LogP contribution in [0.1, 0.15) is 51.3 Å². The first-order chi connectivity index (χ1) is 10.4. The van der Waals surface area contributed by atoms with E-state index in [2.05, 4.69) is 10.3 Å². The van der Waals surface area contributed by atoms with Crippen LogP contribution in [-0.4, -0.2) is 21.8 Å². The van der Waals surface area contributed by atoms with Gasteiger partial charge in [0.25, 0.3) is 0 Å². The standard InChI is InChI=1S/C15H19F3N2O3/c1-13(2,3)23-12(21)20-10-6-5-9(14(22)7-4-8-14)11(19-10)15(16,17)18/h5-6,22H,4,7-8H2,1-3H3,(H,19,20,21). The number of nitrogens with one attached hydrogen (secondary N) is 1. The van der Waals surface area contributed by atoms with Gasteiger partial charge in [-0.15, -0.1) is 0 Å². The number of carbonyl (C=O) groups excluding carboxylic acids is 1. The second-order valence-corrected chi connectivity index (χ2v) is 6.60. The number of rotatable bonds is 2. The van der Waals surface area contributed by atoms with Gasteiger partial charge in [-0.1, -0.05) is 6.07 Å². The molecule has 0 atom stereocenters. The highest BCUT2D eigenvalue weighted by molar-refractivity contribution is 5.83. The average Bonchev–Trinajstić information content (AvgIpc) is 2.32. The molecule has 1 aliphatic carbocycles. The van der Waals surface area contributed by atoms with Gasteiger partial charge in [0, 0.05) is 5.56 Å². The summed E-state index contributed by atoms with van der Waals surface area (Å²) in [6.45, 7) is 4.91. The molecule has 8 heteroatoms. The summed E-state index contributed by atoms with van der Waals surface area (Å²) in [5.41, 5.74) is -3.72. The molecule has 0 saturated heterocycles. The molecular weight excluding hydrogens is 313 g/mol. The fraction of sp³-hybridized carbons (Fsp3) is 0.600. The first-order valence-corrected chi connectivity index (χ1v) is 7.22. The third-order valence-corrected chi connectivity index (χ3v) is 3.47. The molecule has 0 spiro atoms. The van der Waals surface area contributed by atoms with Crippen LogP contribution >= 0.6 is 0 Å². The van der Waals surface area contributed by atoms with Gasteiger partial charge < -0.3 is 9.84 Å². The van der Waals surface area contributed by atoms with E-state index < -0.39 is 29.2 Å². The monoisotopic (exact) mass is 332 g/mol. The van der Waals surface area contributed by atoms with Crippen LogP contribution < -0.4 is 5.32 Å². The number of aromatic nitrogens is 1. The van der Waals surface area contributed by atoms with Gasteiger partial charge in [0.1, 0.15) is 11.4 Å². The summed E-state index contributed by atoms with van der Waals surface area (Å²) < 4.78 is 44.6. The predicted molar refractivity (Wildman–Crippen MR) is 76.8 cm³/mol. The Bertz CT molecular complexity index is 605. The molecule has 0 aromatic carbocycles. The molecule has 1 amide bonds. The molecule has 23 heavy (non-hydrogen) atoms. The lowest BCUT2D eigenvalue weighted by molar-refractivity contribution is -0.146. The maximum absolute atomic E-state index is 13.2. The van der Waals surface area contributed by atoms with E-state index in [0.29, 0.717) is 6.42 Å². The molecule has 128 valence electrons. The Labute approximate surface area is 131 Å². The van der Waals surface area contributed by atoms with Crippen molar-refractivity contribution >= 4 is 11.9 Å². The van der Waals surface area contributed by atoms with Crippen LogP contribution in [-0.2, 0) is 16.5 Å². The molecule has 0 unspecified atom stereocenters.